The van der Waals surface area contributed by atoms with E-state index in [4.69, 9.17) is 0 Å². The molecule has 0 amide bonds. The van der Waals surface area contributed by atoms with E-state index in [0.29, 0.717) is 4.83 Å². The van der Waals surface area contributed by atoms with Crippen molar-refractivity contribution >= 4 is 31.9 Å². The van der Waals surface area contributed by atoms with Crippen molar-refractivity contribution in [2.75, 3.05) is 0 Å². The van der Waals surface area contributed by atoms with Gasteiger partial charge in [-0.3, -0.25) is 4.68 Å². The summed E-state index contributed by atoms with van der Waals surface area (Å²) in [5.41, 5.74) is 2.81. The van der Waals surface area contributed by atoms with Gasteiger partial charge in [0.05, 0.1) is 15.9 Å². The predicted molar refractivity (Wildman–Crippen MR) is 97.0 cm³/mol. The Morgan fingerprint density at radius 3 is 2.52 bits per heavy atom. The number of aromatic nitrogens is 2. The van der Waals surface area contributed by atoms with Gasteiger partial charge in [0.25, 0.3) is 0 Å². The summed E-state index contributed by atoms with van der Waals surface area (Å²) in [5.74, 6) is 1.59. The third-order valence-electron chi connectivity index (χ3n) is 5.16. The SMILES string of the molecule is CCc1nn(C)c(CC(C)(C)C2CCC(C)CC2Br)c1Br. The molecule has 0 bridgehead atoms. The van der Waals surface area contributed by atoms with Gasteiger partial charge in [-0.15, -0.1) is 0 Å². The molecule has 1 fully saturated rings. The van der Waals surface area contributed by atoms with E-state index in [9.17, 15) is 0 Å². The number of rotatable bonds is 4. The molecular weight excluding hydrogens is 392 g/mol. The number of halogens is 2. The largest absolute Gasteiger partial charge is 0.271 e. The van der Waals surface area contributed by atoms with Crippen LogP contribution in [-0.2, 0) is 19.9 Å². The van der Waals surface area contributed by atoms with Gasteiger partial charge in [0, 0.05) is 11.9 Å². The van der Waals surface area contributed by atoms with Crippen LogP contribution >= 0.6 is 31.9 Å². The zero-order valence-electron chi connectivity index (χ0n) is 13.9. The minimum Gasteiger partial charge on any atom is -0.271 e. The molecule has 0 aliphatic heterocycles. The van der Waals surface area contributed by atoms with E-state index >= 15 is 0 Å². The van der Waals surface area contributed by atoms with Crippen LogP contribution in [0.5, 0.6) is 0 Å². The van der Waals surface area contributed by atoms with Crippen molar-refractivity contribution in [3.63, 3.8) is 0 Å². The number of alkyl halides is 1. The maximum atomic E-state index is 4.65. The summed E-state index contributed by atoms with van der Waals surface area (Å²) < 4.78 is 3.29. The molecule has 3 atom stereocenters. The first-order valence-electron chi connectivity index (χ1n) is 8.10. The zero-order valence-corrected chi connectivity index (χ0v) is 17.1. The van der Waals surface area contributed by atoms with Gasteiger partial charge in [0.2, 0.25) is 0 Å². The number of aryl methyl sites for hydroxylation is 2. The van der Waals surface area contributed by atoms with Gasteiger partial charge in [0.1, 0.15) is 0 Å². The molecule has 1 aliphatic carbocycles. The van der Waals surface area contributed by atoms with Crippen LogP contribution in [0.15, 0.2) is 4.47 Å². The van der Waals surface area contributed by atoms with Crippen LogP contribution in [-0.4, -0.2) is 14.6 Å². The molecule has 1 aromatic rings. The van der Waals surface area contributed by atoms with Crippen LogP contribution in [0, 0.1) is 17.3 Å². The highest BCUT2D eigenvalue weighted by atomic mass is 79.9. The fourth-order valence-corrected chi connectivity index (χ4v) is 6.14. The van der Waals surface area contributed by atoms with E-state index in [0.717, 1.165) is 24.7 Å². The molecular formula is C17H28Br2N2. The van der Waals surface area contributed by atoms with Gasteiger partial charge in [-0.05, 0) is 58.9 Å². The van der Waals surface area contributed by atoms with E-state index in [1.54, 1.807) is 0 Å². The molecule has 1 saturated carbocycles. The zero-order chi connectivity index (χ0) is 15.8. The van der Waals surface area contributed by atoms with Crippen molar-refractivity contribution in [3.8, 4) is 0 Å². The Morgan fingerprint density at radius 2 is 2.00 bits per heavy atom. The van der Waals surface area contributed by atoms with E-state index in [-0.39, 0.29) is 5.41 Å². The van der Waals surface area contributed by atoms with Crippen molar-refractivity contribution in [1.82, 2.24) is 9.78 Å². The van der Waals surface area contributed by atoms with Crippen molar-refractivity contribution in [1.29, 1.82) is 0 Å². The fraction of sp³-hybridized carbons (Fsp3) is 0.824. The van der Waals surface area contributed by atoms with Crippen LogP contribution in [0.25, 0.3) is 0 Å². The van der Waals surface area contributed by atoms with E-state index < -0.39 is 0 Å². The lowest BCUT2D eigenvalue weighted by molar-refractivity contribution is 0.144. The van der Waals surface area contributed by atoms with Crippen molar-refractivity contribution in [2.24, 2.45) is 24.3 Å². The highest BCUT2D eigenvalue weighted by Gasteiger charge is 2.38. The predicted octanol–water partition coefficient (Wildman–Crippen LogP) is 5.51. The van der Waals surface area contributed by atoms with Crippen molar-refractivity contribution in [3.05, 3.63) is 15.9 Å². The molecule has 0 saturated heterocycles. The Labute approximate surface area is 146 Å². The Balaban J connectivity index is 2.19. The first-order valence-corrected chi connectivity index (χ1v) is 9.81. The van der Waals surface area contributed by atoms with Crippen molar-refractivity contribution < 1.29 is 0 Å². The Kier molecular flexibility index (Phi) is 5.62. The highest BCUT2D eigenvalue weighted by molar-refractivity contribution is 9.10. The molecule has 2 nitrogen and oxygen atoms in total. The lowest BCUT2D eigenvalue weighted by atomic mass is 9.67. The minimum atomic E-state index is 0.287. The molecule has 1 aromatic heterocycles. The summed E-state index contributed by atoms with van der Waals surface area (Å²) in [6.07, 6.45) is 6.07. The molecule has 3 unspecified atom stereocenters. The van der Waals surface area contributed by atoms with Crippen LogP contribution < -0.4 is 0 Å². The van der Waals surface area contributed by atoms with Crippen LogP contribution in [0.1, 0.15) is 58.3 Å². The van der Waals surface area contributed by atoms with Crippen LogP contribution in [0.2, 0.25) is 0 Å². The third-order valence-corrected chi connectivity index (χ3v) is 7.09. The second-order valence-electron chi connectivity index (χ2n) is 7.39. The fourth-order valence-electron chi connectivity index (χ4n) is 3.77. The maximum absolute atomic E-state index is 4.65. The van der Waals surface area contributed by atoms with Gasteiger partial charge in [-0.25, -0.2) is 0 Å². The first-order chi connectivity index (χ1) is 9.76. The molecule has 0 radical (unpaired) electrons. The van der Waals surface area contributed by atoms with Gasteiger partial charge in [-0.1, -0.05) is 50.0 Å². The average molecular weight is 420 g/mol. The molecule has 120 valence electrons. The van der Waals surface area contributed by atoms with Crippen molar-refractivity contribution in [2.45, 2.75) is 64.6 Å². The summed E-state index contributed by atoms with van der Waals surface area (Å²) in [4.78, 5) is 0.647. The van der Waals surface area contributed by atoms with E-state index in [2.05, 4.69) is 76.4 Å². The summed E-state index contributed by atoms with van der Waals surface area (Å²) in [6.45, 7) is 9.39. The number of hydrogen-bond donors (Lipinski definition) is 0. The lowest BCUT2D eigenvalue weighted by Crippen LogP contribution is -2.37. The topological polar surface area (TPSA) is 17.8 Å². The average Bonchev–Trinajstić information content (AvgIpc) is 2.65. The Bertz CT molecular complexity index is 493. The molecule has 0 spiro atoms. The van der Waals surface area contributed by atoms with E-state index in [1.807, 2.05) is 0 Å². The molecule has 21 heavy (non-hydrogen) atoms. The summed E-state index contributed by atoms with van der Waals surface area (Å²) in [5, 5.41) is 4.65. The molecule has 2 rings (SSSR count). The molecule has 0 aromatic carbocycles. The second kappa shape index (κ2) is 6.74. The molecule has 0 N–H and O–H groups in total. The monoisotopic (exact) mass is 418 g/mol. The second-order valence-corrected chi connectivity index (χ2v) is 9.36. The number of nitrogens with zero attached hydrogens (tertiary/aromatic N) is 2. The standard InChI is InChI=1S/C17H28Br2N2/c1-6-14-16(19)15(21(5)20-14)10-17(3,4)12-8-7-11(2)9-13(12)18/h11-13H,6-10H2,1-5H3. The highest BCUT2D eigenvalue weighted by Crippen LogP contribution is 2.45. The minimum absolute atomic E-state index is 0.287. The Hall–Kier alpha value is 0.170. The summed E-state index contributed by atoms with van der Waals surface area (Å²) >= 11 is 7.73. The van der Waals surface area contributed by atoms with Gasteiger partial charge >= 0.3 is 0 Å². The van der Waals surface area contributed by atoms with Crippen LogP contribution in [0.3, 0.4) is 0 Å². The van der Waals surface area contributed by atoms with E-state index in [1.165, 1.54) is 35.1 Å². The smallest absolute Gasteiger partial charge is 0.0766 e. The summed E-state index contributed by atoms with van der Waals surface area (Å²) in [6, 6.07) is 0. The first kappa shape index (κ1) is 17.5. The Morgan fingerprint density at radius 1 is 1.33 bits per heavy atom. The third kappa shape index (κ3) is 3.74. The summed E-state index contributed by atoms with van der Waals surface area (Å²) in [7, 11) is 2.07. The number of hydrogen-bond acceptors (Lipinski definition) is 1. The molecule has 1 heterocycles. The molecule has 4 heteroatoms. The quantitative estimate of drug-likeness (QED) is 0.588. The van der Waals surface area contributed by atoms with Gasteiger partial charge in [-0.2, -0.15) is 5.10 Å². The maximum Gasteiger partial charge on any atom is 0.0766 e. The van der Waals surface area contributed by atoms with Gasteiger partial charge < -0.3 is 0 Å². The van der Waals surface area contributed by atoms with Gasteiger partial charge in [0.15, 0.2) is 0 Å². The lowest BCUT2D eigenvalue weighted by Gasteiger charge is -2.42. The normalized spacial score (nSPS) is 27.1. The van der Waals surface area contributed by atoms with Crippen LogP contribution in [0.4, 0.5) is 0 Å². The molecule has 1 aliphatic rings.